The minimum atomic E-state index is -1.26. The Hall–Kier alpha value is -3.03. The molecule has 0 saturated heterocycles. The number of rotatable bonds is 8. The zero-order valence-electron chi connectivity index (χ0n) is 16.3. The number of nitrogens with zero attached hydrogens (tertiary/aromatic N) is 2. The molecule has 0 bridgehead atoms. The van der Waals surface area contributed by atoms with Crippen LogP contribution in [0.25, 0.3) is 0 Å². The van der Waals surface area contributed by atoms with E-state index in [0.29, 0.717) is 18.8 Å². The molecule has 0 aliphatic heterocycles. The molecule has 2 rings (SSSR count). The molecule has 0 saturated carbocycles. The van der Waals surface area contributed by atoms with Crippen molar-refractivity contribution in [1.29, 1.82) is 0 Å². The molecule has 0 aliphatic rings. The molecule has 1 aromatic heterocycles. The number of aliphatic carboxylic acids is 2. The first kappa shape index (κ1) is 23.0. The number of aromatic nitrogens is 1. The molecule has 0 aliphatic carbocycles. The molecular weight excluding hydrogens is 360 g/mol. The van der Waals surface area contributed by atoms with Gasteiger partial charge in [-0.05, 0) is 38.7 Å². The average molecular weight is 386 g/mol. The van der Waals surface area contributed by atoms with E-state index < -0.39 is 17.5 Å². The monoisotopic (exact) mass is 386 g/mol. The Kier molecular flexibility index (Phi) is 9.56. The minimum Gasteiger partial charge on any atom is -0.478 e. The lowest BCUT2D eigenvalue weighted by Gasteiger charge is -2.30. The zero-order chi connectivity index (χ0) is 21.0. The Labute approximate surface area is 164 Å². The third kappa shape index (κ3) is 8.11. The van der Waals surface area contributed by atoms with Crippen LogP contribution in [0.1, 0.15) is 18.2 Å². The Morgan fingerprint density at radius 3 is 2.07 bits per heavy atom. The van der Waals surface area contributed by atoms with Gasteiger partial charge in [-0.2, -0.15) is 0 Å². The summed E-state index contributed by atoms with van der Waals surface area (Å²) in [6, 6.07) is 16.2. The van der Waals surface area contributed by atoms with E-state index in [0.717, 1.165) is 17.8 Å². The lowest BCUT2D eigenvalue weighted by Crippen LogP contribution is -2.32. The van der Waals surface area contributed by atoms with E-state index in [1.165, 1.54) is 0 Å². The molecule has 0 spiro atoms. The number of benzene rings is 1. The van der Waals surface area contributed by atoms with Gasteiger partial charge in [0.25, 0.3) is 0 Å². The number of carbonyl (C=O) groups is 2. The molecule has 1 aromatic carbocycles. The normalized spacial score (nSPS) is 12.9. The second-order valence-corrected chi connectivity index (χ2v) is 6.28. The summed E-state index contributed by atoms with van der Waals surface area (Å²) in [5.74, 6) is -2.51. The Morgan fingerprint density at radius 2 is 1.61 bits per heavy atom. The van der Waals surface area contributed by atoms with Gasteiger partial charge in [-0.3, -0.25) is 4.98 Å². The van der Waals surface area contributed by atoms with E-state index in [9.17, 15) is 9.59 Å². The van der Waals surface area contributed by atoms with Crippen molar-refractivity contribution >= 4 is 11.9 Å². The summed E-state index contributed by atoms with van der Waals surface area (Å²) in [5.41, 5.74) is 1.54. The minimum absolute atomic E-state index is 0.515. The maximum Gasteiger partial charge on any atom is 0.328 e. The smallest absolute Gasteiger partial charge is 0.328 e. The lowest BCUT2D eigenvalue weighted by atomic mass is 9.91. The summed E-state index contributed by atoms with van der Waals surface area (Å²) in [5, 5.41) is 15.6. The summed E-state index contributed by atoms with van der Waals surface area (Å²) in [6.45, 7) is 3.63. The van der Waals surface area contributed by atoms with E-state index in [-0.39, 0.29) is 0 Å². The fraction of sp³-hybridized carbons (Fsp3) is 0.286. The molecule has 7 nitrogen and oxygen atoms in total. The van der Waals surface area contributed by atoms with Crippen LogP contribution in [-0.4, -0.2) is 59.3 Å². The Bertz CT molecular complexity index is 705. The first-order valence-electron chi connectivity index (χ1n) is 8.65. The number of ether oxygens (including phenoxy) is 1. The Morgan fingerprint density at radius 1 is 1.04 bits per heavy atom. The van der Waals surface area contributed by atoms with Gasteiger partial charge in [-0.1, -0.05) is 36.4 Å². The number of hydrogen-bond acceptors (Lipinski definition) is 5. The van der Waals surface area contributed by atoms with Crippen LogP contribution in [0.2, 0.25) is 0 Å². The van der Waals surface area contributed by atoms with Gasteiger partial charge in [0.2, 0.25) is 0 Å². The van der Waals surface area contributed by atoms with Crippen molar-refractivity contribution in [2.75, 3.05) is 27.2 Å². The van der Waals surface area contributed by atoms with Crippen molar-refractivity contribution in [2.24, 2.45) is 0 Å². The maximum atomic E-state index is 9.55. The quantitative estimate of drug-likeness (QED) is 0.673. The highest BCUT2D eigenvalue weighted by Gasteiger charge is 2.31. The van der Waals surface area contributed by atoms with Gasteiger partial charge < -0.3 is 19.8 Å². The number of hydrogen-bond donors (Lipinski definition) is 2. The van der Waals surface area contributed by atoms with Gasteiger partial charge in [0, 0.05) is 24.9 Å². The van der Waals surface area contributed by atoms with E-state index in [1.807, 2.05) is 56.7 Å². The van der Waals surface area contributed by atoms with Crippen LogP contribution in [-0.2, 0) is 19.9 Å². The predicted molar refractivity (Wildman–Crippen MR) is 106 cm³/mol. The molecule has 0 amide bonds. The average Bonchev–Trinajstić information content (AvgIpc) is 2.68. The summed E-state index contributed by atoms with van der Waals surface area (Å²) in [4.78, 5) is 25.7. The summed E-state index contributed by atoms with van der Waals surface area (Å²) in [7, 11) is 4.09. The van der Waals surface area contributed by atoms with Crippen molar-refractivity contribution in [3.63, 3.8) is 0 Å². The van der Waals surface area contributed by atoms with Crippen LogP contribution in [0.15, 0.2) is 66.9 Å². The third-order valence-corrected chi connectivity index (χ3v) is 3.78. The van der Waals surface area contributed by atoms with Crippen molar-refractivity contribution in [2.45, 2.75) is 12.5 Å². The molecule has 0 radical (unpaired) electrons. The fourth-order valence-electron chi connectivity index (χ4n) is 2.28. The van der Waals surface area contributed by atoms with E-state index in [4.69, 9.17) is 14.9 Å². The topological polar surface area (TPSA) is 100.0 Å². The molecule has 1 heterocycles. The second kappa shape index (κ2) is 11.6. The van der Waals surface area contributed by atoms with Crippen LogP contribution in [0.3, 0.4) is 0 Å². The highest BCUT2D eigenvalue weighted by Crippen LogP contribution is 2.31. The van der Waals surface area contributed by atoms with Crippen molar-refractivity contribution in [3.8, 4) is 0 Å². The van der Waals surface area contributed by atoms with Crippen molar-refractivity contribution < 1.29 is 24.5 Å². The van der Waals surface area contributed by atoms with Crippen LogP contribution >= 0.6 is 0 Å². The molecule has 28 heavy (non-hydrogen) atoms. The van der Waals surface area contributed by atoms with Crippen LogP contribution in [0.4, 0.5) is 0 Å². The zero-order valence-corrected chi connectivity index (χ0v) is 16.3. The molecule has 1 atom stereocenters. The third-order valence-electron chi connectivity index (χ3n) is 3.78. The van der Waals surface area contributed by atoms with E-state index >= 15 is 0 Å². The molecule has 1 unspecified atom stereocenters. The van der Waals surface area contributed by atoms with Gasteiger partial charge in [0.15, 0.2) is 0 Å². The van der Waals surface area contributed by atoms with E-state index in [2.05, 4.69) is 28.9 Å². The molecular formula is C21H26N2O5. The van der Waals surface area contributed by atoms with Crippen LogP contribution in [0, 0.1) is 0 Å². The number of carboxylic acids is 2. The second-order valence-electron chi connectivity index (χ2n) is 6.28. The van der Waals surface area contributed by atoms with Gasteiger partial charge in [-0.15, -0.1) is 0 Å². The SMILES string of the molecule is CN(C)CCOC(C)(c1ccccc1)c1ccccn1.O=C(O)/C=C\C(=O)O. The van der Waals surface area contributed by atoms with Crippen LogP contribution < -0.4 is 0 Å². The molecule has 2 N–H and O–H groups in total. The number of pyridine rings is 1. The summed E-state index contributed by atoms with van der Waals surface area (Å²) in [6.07, 6.45) is 2.93. The molecule has 7 heteroatoms. The lowest BCUT2D eigenvalue weighted by molar-refractivity contribution is -0.134. The van der Waals surface area contributed by atoms with Gasteiger partial charge >= 0.3 is 11.9 Å². The largest absolute Gasteiger partial charge is 0.478 e. The highest BCUT2D eigenvalue weighted by molar-refractivity contribution is 5.89. The van der Waals surface area contributed by atoms with E-state index in [1.54, 1.807) is 0 Å². The van der Waals surface area contributed by atoms with Crippen molar-refractivity contribution in [1.82, 2.24) is 9.88 Å². The maximum absolute atomic E-state index is 9.55. The van der Waals surface area contributed by atoms with Crippen LogP contribution in [0.5, 0.6) is 0 Å². The molecule has 2 aromatic rings. The molecule has 0 fully saturated rings. The van der Waals surface area contributed by atoms with Crippen molar-refractivity contribution in [3.05, 3.63) is 78.1 Å². The summed E-state index contributed by atoms with van der Waals surface area (Å²) >= 11 is 0. The number of likely N-dealkylation sites (N-methyl/N-ethyl adjacent to an activating group) is 1. The summed E-state index contributed by atoms with van der Waals surface area (Å²) < 4.78 is 6.21. The van der Waals surface area contributed by atoms with Gasteiger partial charge in [0.05, 0.1) is 12.3 Å². The Balaban J connectivity index is 0.000000416. The molecule has 150 valence electrons. The van der Waals surface area contributed by atoms with Gasteiger partial charge in [-0.25, -0.2) is 9.59 Å². The fourth-order valence-corrected chi connectivity index (χ4v) is 2.28. The van der Waals surface area contributed by atoms with Gasteiger partial charge in [0.1, 0.15) is 5.60 Å². The predicted octanol–water partition coefficient (Wildman–Crippen LogP) is 2.64. The standard InChI is InChI=1S/C17H22N2O.C4H4O4/c1-17(20-14-13-19(2)3,15-9-5-4-6-10-15)16-11-7-8-12-18-16;5-3(6)1-2-4(7)8/h4-12H,13-14H2,1-3H3;1-2H,(H,5,6)(H,7,8)/b;2-1-. The first-order chi connectivity index (χ1) is 13.3. The first-order valence-corrected chi connectivity index (χ1v) is 8.65. The number of carboxylic acid groups (broad SMARTS) is 2. The highest BCUT2D eigenvalue weighted by atomic mass is 16.5.